The van der Waals surface area contributed by atoms with Crippen LogP contribution in [0.2, 0.25) is 0 Å². The number of hydrogen-bond donors (Lipinski definition) is 1. The average Bonchev–Trinajstić information content (AvgIpc) is 2.69. The van der Waals surface area contributed by atoms with Crippen molar-refractivity contribution in [2.75, 3.05) is 16.8 Å². The fourth-order valence-corrected chi connectivity index (χ4v) is 2.84. The molecule has 27 heavy (non-hydrogen) atoms. The zero-order valence-electron chi connectivity index (χ0n) is 15.3. The van der Waals surface area contributed by atoms with Gasteiger partial charge in [-0.2, -0.15) is 5.26 Å². The molecular formula is C22H20N4O. The van der Waals surface area contributed by atoms with Gasteiger partial charge in [-0.3, -0.25) is 4.79 Å². The number of nitrogens with one attached hydrogen (secondary N) is 1. The van der Waals surface area contributed by atoms with E-state index < -0.39 is 0 Å². The summed E-state index contributed by atoms with van der Waals surface area (Å²) in [6.07, 6.45) is 1.55. The molecule has 1 aromatic heterocycles. The first-order valence-electron chi connectivity index (χ1n) is 8.73. The van der Waals surface area contributed by atoms with Crippen LogP contribution < -0.4 is 10.2 Å². The number of amides is 1. The van der Waals surface area contributed by atoms with Crippen molar-refractivity contribution in [3.63, 3.8) is 0 Å². The number of carbonyl (C=O) groups is 1. The number of nitriles is 1. The van der Waals surface area contributed by atoms with E-state index in [1.807, 2.05) is 18.2 Å². The monoisotopic (exact) mass is 356 g/mol. The Labute approximate surface area is 158 Å². The molecule has 2 aromatic carbocycles. The number of aryl methyl sites for hydroxylation is 1. The number of rotatable bonds is 5. The molecule has 0 atom stereocenters. The van der Waals surface area contributed by atoms with Crippen molar-refractivity contribution in [3.8, 4) is 6.07 Å². The highest BCUT2D eigenvalue weighted by atomic mass is 16.1. The summed E-state index contributed by atoms with van der Waals surface area (Å²) in [6.45, 7) is 4.87. The van der Waals surface area contributed by atoms with Gasteiger partial charge in [0.2, 0.25) is 0 Å². The molecule has 0 aliphatic heterocycles. The van der Waals surface area contributed by atoms with Gasteiger partial charge in [0.25, 0.3) is 5.91 Å². The first-order valence-corrected chi connectivity index (χ1v) is 8.73. The molecule has 0 aliphatic rings. The van der Waals surface area contributed by atoms with Gasteiger partial charge in [0, 0.05) is 18.4 Å². The Bertz CT molecular complexity index is 990. The van der Waals surface area contributed by atoms with Crippen molar-refractivity contribution in [2.24, 2.45) is 0 Å². The van der Waals surface area contributed by atoms with Crippen molar-refractivity contribution in [2.45, 2.75) is 13.8 Å². The van der Waals surface area contributed by atoms with E-state index in [1.165, 1.54) is 5.56 Å². The largest absolute Gasteiger partial charge is 0.327 e. The topological polar surface area (TPSA) is 69.0 Å². The summed E-state index contributed by atoms with van der Waals surface area (Å²) in [5.41, 5.74) is 3.59. The summed E-state index contributed by atoms with van der Waals surface area (Å²) < 4.78 is 0. The molecular weight excluding hydrogens is 336 g/mol. The van der Waals surface area contributed by atoms with E-state index in [4.69, 9.17) is 5.26 Å². The second kappa shape index (κ2) is 8.15. The standard InChI is InChI=1S/C22H20N4O/c1-3-26(19-9-6-7-16(2)13-19)21-12-11-18(15-24-21)22(27)25-20-10-5-4-8-17(20)14-23/h4-13,15H,3H2,1-2H3,(H,25,27). The molecule has 3 rings (SSSR count). The molecule has 5 heteroatoms. The van der Waals surface area contributed by atoms with E-state index in [1.54, 1.807) is 36.5 Å². The third-order valence-corrected chi connectivity index (χ3v) is 4.21. The predicted octanol–water partition coefficient (Wildman–Crippen LogP) is 4.67. The second-order valence-corrected chi connectivity index (χ2v) is 6.10. The molecule has 1 amide bonds. The predicted molar refractivity (Wildman–Crippen MR) is 107 cm³/mol. The van der Waals surface area contributed by atoms with Gasteiger partial charge < -0.3 is 10.2 Å². The van der Waals surface area contributed by atoms with E-state index in [9.17, 15) is 4.79 Å². The number of benzene rings is 2. The number of pyridine rings is 1. The van der Waals surface area contributed by atoms with Crippen LogP contribution in [0.25, 0.3) is 0 Å². The van der Waals surface area contributed by atoms with Crippen molar-refractivity contribution < 1.29 is 4.79 Å². The fraction of sp³-hybridized carbons (Fsp3) is 0.136. The Morgan fingerprint density at radius 3 is 2.63 bits per heavy atom. The number of para-hydroxylation sites is 1. The molecule has 134 valence electrons. The minimum Gasteiger partial charge on any atom is -0.327 e. The van der Waals surface area contributed by atoms with E-state index >= 15 is 0 Å². The Hall–Kier alpha value is -3.65. The highest BCUT2D eigenvalue weighted by Crippen LogP contribution is 2.24. The third-order valence-electron chi connectivity index (χ3n) is 4.21. The minimum atomic E-state index is -0.296. The molecule has 0 fully saturated rings. The number of nitrogens with zero attached hydrogens (tertiary/aromatic N) is 3. The van der Waals surface area contributed by atoms with Gasteiger partial charge >= 0.3 is 0 Å². The maximum Gasteiger partial charge on any atom is 0.257 e. The molecule has 0 spiro atoms. The highest BCUT2D eigenvalue weighted by molar-refractivity contribution is 6.04. The van der Waals surface area contributed by atoms with Gasteiger partial charge in [0.05, 0.1) is 16.8 Å². The number of carbonyl (C=O) groups excluding carboxylic acids is 1. The van der Waals surface area contributed by atoms with Gasteiger partial charge in [0.15, 0.2) is 0 Å². The first-order chi connectivity index (χ1) is 13.1. The Morgan fingerprint density at radius 1 is 1.15 bits per heavy atom. The lowest BCUT2D eigenvalue weighted by Crippen LogP contribution is -2.18. The molecule has 0 saturated heterocycles. The van der Waals surface area contributed by atoms with Crippen LogP contribution in [0.5, 0.6) is 0 Å². The molecule has 0 bridgehead atoms. The van der Waals surface area contributed by atoms with E-state index in [0.717, 1.165) is 18.1 Å². The maximum absolute atomic E-state index is 12.5. The number of anilines is 3. The van der Waals surface area contributed by atoms with Gasteiger partial charge in [-0.15, -0.1) is 0 Å². The second-order valence-electron chi connectivity index (χ2n) is 6.10. The molecule has 0 radical (unpaired) electrons. The summed E-state index contributed by atoms with van der Waals surface area (Å²) >= 11 is 0. The quantitative estimate of drug-likeness (QED) is 0.721. The van der Waals surface area contributed by atoms with Crippen molar-refractivity contribution in [1.82, 2.24) is 4.98 Å². The molecule has 1 N–H and O–H groups in total. The zero-order chi connectivity index (χ0) is 19.2. The van der Waals surface area contributed by atoms with Crippen LogP contribution in [0.4, 0.5) is 17.2 Å². The molecule has 1 heterocycles. The molecule has 0 unspecified atom stereocenters. The SMILES string of the molecule is CCN(c1cccc(C)c1)c1ccc(C(=O)Nc2ccccc2C#N)cn1. The smallest absolute Gasteiger partial charge is 0.257 e. The van der Waals surface area contributed by atoms with Gasteiger partial charge in [0.1, 0.15) is 11.9 Å². The number of aromatic nitrogens is 1. The van der Waals surface area contributed by atoms with Crippen molar-refractivity contribution in [3.05, 3.63) is 83.6 Å². The molecule has 0 aliphatic carbocycles. The van der Waals surface area contributed by atoms with Gasteiger partial charge in [-0.1, -0.05) is 24.3 Å². The van der Waals surface area contributed by atoms with Crippen molar-refractivity contribution in [1.29, 1.82) is 5.26 Å². The van der Waals surface area contributed by atoms with Crippen LogP contribution in [0.1, 0.15) is 28.4 Å². The first kappa shape index (κ1) is 18.2. The van der Waals surface area contributed by atoms with Crippen LogP contribution in [-0.2, 0) is 0 Å². The Kier molecular flexibility index (Phi) is 5.48. The van der Waals surface area contributed by atoms with Gasteiger partial charge in [-0.05, 0) is 55.8 Å². The van der Waals surface area contributed by atoms with Crippen LogP contribution >= 0.6 is 0 Å². The Balaban J connectivity index is 1.80. The lowest BCUT2D eigenvalue weighted by molar-refractivity contribution is 0.102. The highest BCUT2D eigenvalue weighted by Gasteiger charge is 2.12. The maximum atomic E-state index is 12.5. The van der Waals surface area contributed by atoms with E-state index in [-0.39, 0.29) is 5.91 Å². The summed E-state index contributed by atoms with van der Waals surface area (Å²) in [7, 11) is 0. The minimum absolute atomic E-state index is 0.296. The summed E-state index contributed by atoms with van der Waals surface area (Å²) in [5, 5.41) is 11.9. The molecule has 0 saturated carbocycles. The fourth-order valence-electron chi connectivity index (χ4n) is 2.84. The normalized spacial score (nSPS) is 10.1. The Morgan fingerprint density at radius 2 is 1.96 bits per heavy atom. The van der Waals surface area contributed by atoms with Gasteiger partial charge in [-0.25, -0.2) is 4.98 Å². The van der Waals surface area contributed by atoms with Crippen molar-refractivity contribution >= 4 is 23.1 Å². The van der Waals surface area contributed by atoms with E-state index in [0.29, 0.717) is 16.8 Å². The summed E-state index contributed by atoms with van der Waals surface area (Å²) in [5.74, 6) is 0.479. The van der Waals surface area contributed by atoms with Crippen LogP contribution in [0.15, 0.2) is 66.9 Å². The molecule has 3 aromatic rings. The van der Waals surface area contributed by atoms with Crippen LogP contribution in [0.3, 0.4) is 0 Å². The van der Waals surface area contributed by atoms with E-state index in [2.05, 4.69) is 47.3 Å². The van der Waals surface area contributed by atoms with Crippen LogP contribution in [-0.4, -0.2) is 17.4 Å². The summed E-state index contributed by atoms with van der Waals surface area (Å²) in [6, 6.07) is 20.8. The third kappa shape index (κ3) is 4.13. The zero-order valence-corrected chi connectivity index (χ0v) is 15.3. The lowest BCUT2D eigenvalue weighted by atomic mass is 10.1. The molecule has 5 nitrogen and oxygen atoms in total. The average molecular weight is 356 g/mol. The van der Waals surface area contributed by atoms with Crippen LogP contribution in [0, 0.1) is 18.3 Å². The summed E-state index contributed by atoms with van der Waals surface area (Å²) in [4.78, 5) is 19.0. The lowest BCUT2D eigenvalue weighted by Gasteiger charge is -2.22. The number of hydrogen-bond acceptors (Lipinski definition) is 4.